The van der Waals surface area contributed by atoms with Crippen LogP contribution in [0, 0.1) is 5.92 Å². The fraction of sp³-hybridized carbons (Fsp3) is 0.615. The van der Waals surface area contributed by atoms with Crippen LogP contribution in [0.25, 0.3) is 0 Å². The number of hydrogen-bond acceptors (Lipinski definition) is 3. The summed E-state index contributed by atoms with van der Waals surface area (Å²) in [6.45, 7) is 0.512. The van der Waals surface area contributed by atoms with Crippen molar-refractivity contribution in [3.05, 3.63) is 18.0 Å². The third-order valence-corrected chi connectivity index (χ3v) is 3.55. The van der Waals surface area contributed by atoms with E-state index in [1.807, 2.05) is 19.3 Å². The lowest BCUT2D eigenvalue weighted by molar-refractivity contribution is -0.141. The Labute approximate surface area is 117 Å². The molecule has 3 N–H and O–H groups in total. The molecule has 2 rings (SSSR count). The number of amides is 2. The molecule has 1 aliphatic carbocycles. The van der Waals surface area contributed by atoms with Gasteiger partial charge in [-0.25, -0.2) is 4.79 Å². The Balaban J connectivity index is 1.65. The molecule has 1 aromatic rings. The Hall–Kier alpha value is -2.05. The monoisotopic (exact) mass is 280 g/mol. The van der Waals surface area contributed by atoms with Crippen molar-refractivity contribution in [2.45, 2.75) is 31.7 Å². The number of carboxylic acids is 1. The van der Waals surface area contributed by atoms with Crippen molar-refractivity contribution in [3.8, 4) is 0 Å². The number of aromatic nitrogens is 2. The minimum absolute atomic E-state index is 0.0362. The second kappa shape index (κ2) is 6.40. The molecular weight excluding hydrogens is 260 g/mol. The van der Waals surface area contributed by atoms with Crippen LogP contribution in [0.5, 0.6) is 0 Å². The van der Waals surface area contributed by atoms with E-state index in [0.29, 0.717) is 25.8 Å². The van der Waals surface area contributed by atoms with Gasteiger partial charge in [0.25, 0.3) is 0 Å². The van der Waals surface area contributed by atoms with E-state index in [1.165, 1.54) is 0 Å². The van der Waals surface area contributed by atoms with Crippen molar-refractivity contribution in [3.63, 3.8) is 0 Å². The Bertz CT molecular complexity index is 486. The lowest BCUT2D eigenvalue weighted by Crippen LogP contribution is -2.41. The number of hydrogen-bond donors (Lipinski definition) is 3. The highest BCUT2D eigenvalue weighted by atomic mass is 16.4. The molecule has 0 saturated heterocycles. The molecule has 2 atom stereocenters. The van der Waals surface area contributed by atoms with Crippen LogP contribution in [0.4, 0.5) is 4.79 Å². The molecule has 110 valence electrons. The van der Waals surface area contributed by atoms with E-state index in [1.54, 1.807) is 4.68 Å². The van der Waals surface area contributed by atoms with Gasteiger partial charge in [0.2, 0.25) is 0 Å². The number of aliphatic carboxylic acids is 1. The first-order chi connectivity index (χ1) is 9.54. The number of nitrogens with one attached hydrogen (secondary N) is 2. The van der Waals surface area contributed by atoms with Gasteiger partial charge >= 0.3 is 12.0 Å². The molecule has 0 unspecified atom stereocenters. The molecule has 0 aliphatic heterocycles. The Morgan fingerprint density at radius 2 is 2.30 bits per heavy atom. The molecule has 1 fully saturated rings. The summed E-state index contributed by atoms with van der Waals surface area (Å²) >= 11 is 0. The maximum absolute atomic E-state index is 11.7. The van der Waals surface area contributed by atoms with E-state index in [0.717, 1.165) is 12.1 Å². The SMILES string of the molecule is Cn1ccc(CCNC(=O)N[C@H]2CC[C@@H](C(=O)O)C2)n1. The van der Waals surface area contributed by atoms with E-state index in [4.69, 9.17) is 5.11 Å². The predicted octanol–water partition coefficient (Wildman–Crippen LogP) is 0.515. The van der Waals surface area contributed by atoms with Crippen LogP contribution in [0.2, 0.25) is 0 Å². The molecule has 0 radical (unpaired) electrons. The average molecular weight is 280 g/mol. The van der Waals surface area contributed by atoms with Crippen LogP contribution in [0.15, 0.2) is 12.3 Å². The molecule has 1 aliphatic rings. The number of aryl methyl sites for hydroxylation is 1. The number of carbonyl (C=O) groups excluding carboxylic acids is 1. The number of carboxylic acid groups (broad SMARTS) is 1. The number of carbonyl (C=O) groups is 2. The van der Waals surface area contributed by atoms with Crippen molar-refractivity contribution in [1.82, 2.24) is 20.4 Å². The fourth-order valence-electron chi connectivity index (χ4n) is 2.47. The number of rotatable bonds is 5. The maximum Gasteiger partial charge on any atom is 0.315 e. The highest BCUT2D eigenvalue weighted by molar-refractivity contribution is 5.75. The van der Waals surface area contributed by atoms with E-state index in [2.05, 4.69) is 15.7 Å². The highest BCUT2D eigenvalue weighted by Crippen LogP contribution is 2.25. The summed E-state index contributed by atoms with van der Waals surface area (Å²) in [4.78, 5) is 22.5. The first-order valence-corrected chi connectivity index (χ1v) is 6.80. The Morgan fingerprint density at radius 1 is 1.50 bits per heavy atom. The molecule has 0 bridgehead atoms. The van der Waals surface area contributed by atoms with E-state index in [-0.39, 0.29) is 18.0 Å². The summed E-state index contributed by atoms with van der Waals surface area (Å²) in [6, 6.07) is 1.64. The Kier molecular flexibility index (Phi) is 4.60. The zero-order valence-corrected chi connectivity index (χ0v) is 11.5. The standard InChI is InChI=1S/C13H20N4O3/c1-17-7-5-10(16-17)4-6-14-13(20)15-11-3-2-9(8-11)12(18)19/h5,7,9,11H,2-4,6,8H2,1H3,(H,18,19)(H2,14,15,20)/t9-,11+/m1/s1. The van der Waals surface area contributed by atoms with E-state index >= 15 is 0 Å². The third-order valence-electron chi connectivity index (χ3n) is 3.55. The summed E-state index contributed by atoms with van der Waals surface area (Å²) in [5.41, 5.74) is 0.930. The normalized spacial score (nSPS) is 21.6. The summed E-state index contributed by atoms with van der Waals surface area (Å²) < 4.78 is 1.72. The van der Waals surface area contributed by atoms with Gasteiger partial charge in [0.15, 0.2) is 0 Å². The van der Waals surface area contributed by atoms with Gasteiger partial charge in [0.1, 0.15) is 0 Å². The van der Waals surface area contributed by atoms with Gasteiger partial charge in [0, 0.05) is 32.3 Å². The first-order valence-electron chi connectivity index (χ1n) is 6.80. The van der Waals surface area contributed by atoms with Crippen LogP contribution >= 0.6 is 0 Å². The smallest absolute Gasteiger partial charge is 0.315 e. The molecule has 1 saturated carbocycles. The summed E-state index contributed by atoms with van der Waals surface area (Å²) in [5, 5.41) is 18.7. The Morgan fingerprint density at radius 3 is 2.90 bits per heavy atom. The third kappa shape index (κ3) is 3.97. The molecule has 7 nitrogen and oxygen atoms in total. The molecule has 20 heavy (non-hydrogen) atoms. The van der Waals surface area contributed by atoms with Gasteiger partial charge in [-0.05, 0) is 25.3 Å². The maximum atomic E-state index is 11.7. The zero-order valence-electron chi connectivity index (χ0n) is 11.5. The van der Waals surface area contributed by atoms with Gasteiger partial charge in [-0.15, -0.1) is 0 Å². The van der Waals surface area contributed by atoms with Crippen molar-refractivity contribution < 1.29 is 14.7 Å². The number of nitrogens with zero attached hydrogens (tertiary/aromatic N) is 2. The second-order valence-corrected chi connectivity index (χ2v) is 5.18. The summed E-state index contributed by atoms with van der Waals surface area (Å²) in [5.74, 6) is -1.10. The topological polar surface area (TPSA) is 96.2 Å². The molecule has 0 spiro atoms. The van der Waals surface area contributed by atoms with Gasteiger partial charge in [-0.2, -0.15) is 5.10 Å². The van der Waals surface area contributed by atoms with Gasteiger partial charge in [-0.1, -0.05) is 0 Å². The molecule has 1 heterocycles. The molecule has 7 heteroatoms. The van der Waals surface area contributed by atoms with E-state index in [9.17, 15) is 9.59 Å². The minimum Gasteiger partial charge on any atom is -0.481 e. The summed E-state index contributed by atoms with van der Waals surface area (Å²) in [6.07, 6.45) is 4.42. The lowest BCUT2D eigenvalue weighted by Gasteiger charge is -2.13. The average Bonchev–Trinajstić information content (AvgIpc) is 2.99. The second-order valence-electron chi connectivity index (χ2n) is 5.18. The van der Waals surface area contributed by atoms with Crippen LogP contribution in [-0.4, -0.2) is 39.5 Å². The van der Waals surface area contributed by atoms with Crippen molar-refractivity contribution in [2.24, 2.45) is 13.0 Å². The van der Waals surface area contributed by atoms with Crippen LogP contribution in [0.1, 0.15) is 25.0 Å². The minimum atomic E-state index is -0.773. The van der Waals surface area contributed by atoms with Crippen molar-refractivity contribution in [1.29, 1.82) is 0 Å². The van der Waals surface area contributed by atoms with E-state index < -0.39 is 5.97 Å². The molecule has 1 aromatic heterocycles. The largest absolute Gasteiger partial charge is 0.481 e. The predicted molar refractivity (Wildman–Crippen MR) is 72.2 cm³/mol. The van der Waals surface area contributed by atoms with Crippen molar-refractivity contribution >= 4 is 12.0 Å². The molecule has 0 aromatic carbocycles. The highest BCUT2D eigenvalue weighted by Gasteiger charge is 2.30. The molecule has 2 amide bonds. The number of urea groups is 1. The lowest BCUT2D eigenvalue weighted by atomic mass is 10.1. The van der Waals surface area contributed by atoms with Crippen LogP contribution in [0.3, 0.4) is 0 Å². The quantitative estimate of drug-likeness (QED) is 0.732. The summed E-state index contributed by atoms with van der Waals surface area (Å²) in [7, 11) is 1.85. The van der Waals surface area contributed by atoms with Crippen LogP contribution in [-0.2, 0) is 18.3 Å². The van der Waals surface area contributed by atoms with Gasteiger partial charge < -0.3 is 15.7 Å². The fourth-order valence-corrected chi connectivity index (χ4v) is 2.47. The zero-order chi connectivity index (χ0) is 14.5. The van der Waals surface area contributed by atoms with Gasteiger partial charge in [0.05, 0.1) is 11.6 Å². The first kappa shape index (κ1) is 14.4. The molecular formula is C13H20N4O3. The van der Waals surface area contributed by atoms with Crippen molar-refractivity contribution in [2.75, 3.05) is 6.54 Å². The van der Waals surface area contributed by atoms with Gasteiger partial charge in [-0.3, -0.25) is 9.48 Å². The van der Waals surface area contributed by atoms with Crippen LogP contribution < -0.4 is 10.6 Å².